The molecule has 0 N–H and O–H groups in total. The third kappa shape index (κ3) is 6.99. The molecule has 0 radical (unpaired) electrons. The van der Waals surface area contributed by atoms with Crippen LogP contribution in [0.3, 0.4) is 0 Å². The summed E-state index contributed by atoms with van der Waals surface area (Å²) in [6.07, 6.45) is 0.763. The molecule has 3 aromatic carbocycles. The van der Waals surface area contributed by atoms with Crippen LogP contribution in [0, 0.1) is 0 Å². The number of anilines is 2. The molecule has 0 bridgehead atoms. The van der Waals surface area contributed by atoms with Gasteiger partial charge in [0.15, 0.2) is 5.13 Å². The number of morpholine rings is 1. The molecule has 12 heteroatoms. The Morgan fingerprint density at radius 2 is 1.76 bits per heavy atom. The zero-order valence-corrected chi connectivity index (χ0v) is 25.4. The zero-order valence-electron chi connectivity index (χ0n) is 22.9. The summed E-state index contributed by atoms with van der Waals surface area (Å²) in [6, 6.07) is 20.6. The van der Waals surface area contributed by atoms with Gasteiger partial charge in [0.2, 0.25) is 0 Å². The van der Waals surface area contributed by atoms with Crippen LogP contribution >= 0.6 is 23.7 Å². The van der Waals surface area contributed by atoms with Crippen molar-refractivity contribution >= 4 is 60.7 Å². The minimum atomic E-state index is -3.79. The van der Waals surface area contributed by atoms with E-state index in [4.69, 9.17) is 14.5 Å². The molecular weight excluding hydrogens is 584 g/mol. The third-order valence-electron chi connectivity index (χ3n) is 6.90. The van der Waals surface area contributed by atoms with Crippen molar-refractivity contribution < 1.29 is 22.7 Å². The Labute approximate surface area is 250 Å². The van der Waals surface area contributed by atoms with E-state index in [9.17, 15) is 13.2 Å². The molecule has 1 aliphatic heterocycles. The number of halogens is 1. The predicted molar refractivity (Wildman–Crippen MR) is 165 cm³/mol. The fourth-order valence-corrected chi connectivity index (χ4v) is 6.72. The quantitative estimate of drug-likeness (QED) is 0.250. The highest BCUT2D eigenvalue weighted by atomic mass is 35.5. The number of nitrogens with zero attached hydrogens (tertiary/aromatic N) is 4. The lowest BCUT2D eigenvalue weighted by molar-refractivity contribution is 0.0376. The summed E-state index contributed by atoms with van der Waals surface area (Å²) in [5.41, 5.74) is 1.71. The number of rotatable bonds is 10. The van der Waals surface area contributed by atoms with Crippen molar-refractivity contribution in [2.45, 2.75) is 11.3 Å². The predicted octanol–water partition coefficient (Wildman–Crippen LogP) is 4.92. The topological polar surface area (TPSA) is 92.3 Å². The number of hydrogen-bond donors (Lipinski definition) is 0. The molecule has 5 rings (SSSR count). The number of para-hydroxylation sites is 1. The summed E-state index contributed by atoms with van der Waals surface area (Å²) >= 11 is 1.44. The van der Waals surface area contributed by atoms with E-state index in [-0.39, 0.29) is 23.2 Å². The molecule has 1 aromatic heterocycles. The van der Waals surface area contributed by atoms with E-state index < -0.39 is 10.0 Å². The van der Waals surface area contributed by atoms with Crippen LogP contribution in [-0.4, -0.2) is 77.8 Å². The lowest BCUT2D eigenvalue weighted by atomic mass is 10.2. The summed E-state index contributed by atoms with van der Waals surface area (Å²) in [7, 11) is -0.663. The van der Waals surface area contributed by atoms with Gasteiger partial charge in [-0.3, -0.25) is 18.9 Å². The van der Waals surface area contributed by atoms with E-state index in [1.165, 1.54) is 34.8 Å². The number of amides is 1. The number of sulfonamides is 1. The molecule has 41 heavy (non-hydrogen) atoms. The minimum Gasteiger partial charge on any atom is -0.497 e. The maximum absolute atomic E-state index is 13.8. The number of methoxy groups -OCH3 is 1. The smallest absolute Gasteiger partial charge is 0.264 e. The molecule has 218 valence electrons. The molecule has 2 heterocycles. The Morgan fingerprint density at radius 3 is 2.44 bits per heavy atom. The van der Waals surface area contributed by atoms with Gasteiger partial charge in [-0.15, -0.1) is 12.4 Å². The highest BCUT2D eigenvalue weighted by molar-refractivity contribution is 7.92. The average Bonchev–Trinajstić information content (AvgIpc) is 3.42. The van der Waals surface area contributed by atoms with Crippen LogP contribution in [0.15, 0.2) is 77.7 Å². The Balaban J connectivity index is 0.00000387. The molecule has 0 spiro atoms. The van der Waals surface area contributed by atoms with Crippen LogP contribution in [0.5, 0.6) is 5.75 Å². The van der Waals surface area contributed by atoms with Crippen molar-refractivity contribution in [1.82, 2.24) is 9.88 Å². The zero-order chi connectivity index (χ0) is 28.1. The van der Waals surface area contributed by atoms with Crippen LogP contribution in [-0.2, 0) is 14.8 Å². The van der Waals surface area contributed by atoms with E-state index >= 15 is 0 Å². The lowest BCUT2D eigenvalue weighted by Crippen LogP contribution is -2.39. The fourth-order valence-electron chi connectivity index (χ4n) is 4.56. The largest absolute Gasteiger partial charge is 0.497 e. The maximum atomic E-state index is 13.8. The molecule has 4 aromatic rings. The second kappa shape index (κ2) is 13.6. The maximum Gasteiger partial charge on any atom is 0.264 e. The molecule has 9 nitrogen and oxygen atoms in total. The molecule has 0 saturated carbocycles. The number of aromatic nitrogens is 1. The second-order valence-electron chi connectivity index (χ2n) is 9.43. The molecule has 0 unspecified atom stereocenters. The van der Waals surface area contributed by atoms with Gasteiger partial charge in [0.05, 0.1) is 41.1 Å². The van der Waals surface area contributed by atoms with Crippen molar-refractivity contribution in [1.29, 1.82) is 0 Å². The number of benzene rings is 3. The van der Waals surface area contributed by atoms with Gasteiger partial charge in [0, 0.05) is 44.9 Å². The summed E-state index contributed by atoms with van der Waals surface area (Å²) < 4.78 is 39.4. The van der Waals surface area contributed by atoms with Crippen molar-refractivity contribution in [3.63, 3.8) is 0 Å². The summed E-state index contributed by atoms with van der Waals surface area (Å²) in [5.74, 6) is 0.472. The highest BCUT2D eigenvalue weighted by Gasteiger charge is 2.25. The first-order chi connectivity index (χ1) is 19.4. The number of hydrogen-bond acceptors (Lipinski definition) is 8. The fraction of sp³-hybridized carbons (Fsp3) is 0.310. The number of carbonyl (C=O) groups is 1. The number of thiazole rings is 1. The van der Waals surface area contributed by atoms with Crippen LogP contribution in [0.25, 0.3) is 10.2 Å². The van der Waals surface area contributed by atoms with E-state index in [0.29, 0.717) is 28.7 Å². The van der Waals surface area contributed by atoms with Gasteiger partial charge in [-0.1, -0.05) is 29.5 Å². The van der Waals surface area contributed by atoms with E-state index in [1.54, 1.807) is 48.4 Å². The third-order valence-corrected chi connectivity index (χ3v) is 9.76. The van der Waals surface area contributed by atoms with Crippen molar-refractivity contribution in [3.8, 4) is 5.75 Å². The first kappa shape index (κ1) is 30.7. The van der Waals surface area contributed by atoms with Crippen LogP contribution in [0.4, 0.5) is 10.8 Å². The van der Waals surface area contributed by atoms with Crippen LogP contribution < -0.4 is 13.9 Å². The summed E-state index contributed by atoms with van der Waals surface area (Å²) in [6.45, 7) is 4.51. The molecule has 1 amide bonds. The van der Waals surface area contributed by atoms with Crippen LogP contribution in [0.1, 0.15) is 16.8 Å². The van der Waals surface area contributed by atoms with Gasteiger partial charge < -0.3 is 9.47 Å². The van der Waals surface area contributed by atoms with E-state index in [1.807, 2.05) is 24.3 Å². The molecular formula is C29H33ClN4O5S2. The van der Waals surface area contributed by atoms with Gasteiger partial charge in [0.1, 0.15) is 5.75 Å². The number of ether oxygens (including phenoxy) is 2. The van der Waals surface area contributed by atoms with Crippen LogP contribution in [0.2, 0.25) is 0 Å². The van der Waals surface area contributed by atoms with Crippen molar-refractivity contribution in [2.75, 3.05) is 62.8 Å². The molecule has 1 aliphatic rings. The summed E-state index contributed by atoms with van der Waals surface area (Å²) in [4.78, 5) is 22.7. The average molecular weight is 617 g/mol. The normalized spacial score (nSPS) is 13.9. The highest BCUT2D eigenvalue weighted by Crippen LogP contribution is 2.32. The minimum absolute atomic E-state index is 0. The van der Waals surface area contributed by atoms with Gasteiger partial charge in [-0.25, -0.2) is 13.4 Å². The van der Waals surface area contributed by atoms with Gasteiger partial charge in [0.25, 0.3) is 15.9 Å². The SMILES string of the molecule is COc1ccc2sc(N(CCCN3CCOCC3)C(=O)c3ccc(S(=O)(=O)N(C)c4ccccc4)cc3)nc2c1.Cl. The van der Waals surface area contributed by atoms with Gasteiger partial charge >= 0.3 is 0 Å². The molecule has 0 atom stereocenters. The Hall–Kier alpha value is -3.22. The van der Waals surface area contributed by atoms with Gasteiger partial charge in [-0.2, -0.15) is 0 Å². The first-order valence-electron chi connectivity index (χ1n) is 13.1. The molecule has 1 saturated heterocycles. The standard InChI is InChI=1S/C29H32N4O5S2.ClH/c1-31(23-7-4-3-5-8-23)40(35,36)25-12-9-22(10-13-25)28(34)33(16-6-15-32-17-19-38-20-18-32)29-30-26-21-24(37-2)11-14-27(26)39-29;/h3-5,7-14,21H,6,15-20H2,1-2H3;1H. The number of carbonyl (C=O) groups excluding carboxylic acids is 1. The van der Waals surface area contributed by atoms with Gasteiger partial charge in [-0.05, 0) is 55.0 Å². The first-order valence-corrected chi connectivity index (χ1v) is 15.3. The second-order valence-corrected chi connectivity index (χ2v) is 12.4. The molecule has 1 fully saturated rings. The van der Waals surface area contributed by atoms with Crippen molar-refractivity contribution in [2.24, 2.45) is 0 Å². The van der Waals surface area contributed by atoms with E-state index in [2.05, 4.69) is 4.90 Å². The number of fused-ring (bicyclic) bond motifs is 1. The summed E-state index contributed by atoms with van der Waals surface area (Å²) in [5, 5.41) is 0.593. The van der Waals surface area contributed by atoms with E-state index in [0.717, 1.165) is 49.5 Å². The Kier molecular flexibility index (Phi) is 10.2. The van der Waals surface area contributed by atoms with Crippen molar-refractivity contribution in [3.05, 3.63) is 78.4 Å². The monoisotopic (exact) mass is 616 g/mol. The Bertz CT molecular complexity index is 1560. The molecule has 0 aliphatic carbocycles. The lowest BCUT2D eigenvalue weighted by Gasteiger charge is -2.27. The Morgan fingerprint density at radius 1 is 1.05 bits per heavy atom.